The van der Waals surface area contributed by atoms with Crippen molar-refractivity contribution in [2.24, 2.45) is 0 Å². The molecular weight excluding hydrogens is 360 g/mol. The minimum absolute atomic E-state index is 0.0435. The summed E-state index contributed by atoms with van der Waals surface area (Å²) in [6.07, 6.45) is 4.41. The molecule has 1 aliphatic heterocycles. The van der Waals surface area contributed by atoms with Gasteiger partial charge in [0.25, 0.3) is 0 Å². The molecule has 2 aromatic heterocycles. The summed E-state index contributed by atoms with van der Waals surface area (Å²) >= 11 is 0. The fourth-order valence-electron chi connectivity index (χ4n) is 3.03. The van der Waals surface area contributed by atoms with Gasteiger partial charge in [-0.3, -0.25) is 9.78 Å². The van der Waals surface area contributed by atoms with E-state index in [1.165, 1.54) is 0 Å². The smallest absolute Gasteiger partial charge is 0.320 e. The zero-order valence-electron chi connectivity index (χ0n) is 16.2. The molecular formula is C19H26N6O3. The highest BCUT2D eigenvalue weighted by atomic mass is 16.5. The van der Waals surface area contributed by atoms with E-state index in [9.17, 15) is 4.79 Å². The van der Waals surface area contributed by atoms with Gasteiger partial charge in [0.2, 0.25) is 6.41 Å². The number of amides is 1. The van der Waals surface area contributed by atoms with Crippen LogP contribution < -0.4 is 20.7 Å². The number of pyridine rings is 1. The van der Waals surface area contributed by atoms with Gasteiger partial charge in [0, 0.05) is 31.6 Å². The summed E-state index contributed by atoms with van der Waals surface area (Å²) in [6, 6.07) is 4.13. The van der Waals surface area contributed by atoms with Crippen LogP contribution >= 0.6 is 0 Å². The first-order chi connectivity index (χ1) is 13.6. The van der Waals surface area contributed by atoms with Crippen LogP contribution in [0.1, 0.15) is 31.0 Å². The topological polar surface area (TPSA) is 115 Å². The van der Waals surface area contributed by atoms with Gasteiger partial charge >= 0.3 is 6.01 Å². The fourth-order valence-corrected chi connectivity index (χ4v) is 3.03. The van der Waals surface area contributed by atoms with Crippen LogP contribution in [-0.4, -0.2) is 47.2 Å². The third-order valence-corrected chi connectivity index (χ3v) is 4.55. The van der Waals surface area contributed by atoms with E-state index in [1.54, 1.807) is 0 Å². The van der Waals surface area contributed by atoms with Gasteiger partial charge in [0.15, 0.2) is 11.6 Å². The van der Waals surface area contributed by atoms with Crippen molar-refractivity contribution in [2.45, 2.75) is 39.3 Å². The Labute approximate surface area is 164 Å². The average molecular weight is 386 g/mol. The molecule has 3 heterocycles. The number of carbonyl (C=O) groups excluding carboxylic acids is 1. The number of aromatic nitrogens is 3. The molecule has 1 saturated heterocycles. The van der Waals surface area contributed by atoms with Gasteiger partial charge in [-0.2, -0.15) is 9.97 Å². The van der Waals surface area contributed by atoms with Crippen molar-refractivity contribution in [2.75, 3.05) is 35.7 Å². The predicted octanol–water partition coefficient (Wildman–Crippen LogP) is 1.91. The first-order valence-electron chi connectivity index (χ1n) is 9.39. The molecule has 1 aliphatic rings. The first-order valence-corrected chi connectivity index (χ1v) is 9.39. The Kier molecular flexibility index (Phi) is 6.59. The highest BCUT2D eigenvalue weighted by Crippen LogP contribution is 2.31. The Balaban J connectivity index is 1.85. The van der Waals surface area contributed by atoms with E-state index in [1.807, 2.05) is 37.1 Å². The van der Waals surface area contributed by atoms with Crippen molar-refractivity contribution in [3.63, 3.8) is 0 Å². The number of nitrogen functional groups attached to an aromatic ring is 1. The Morgan fingerprint density at radius 1 is 1.43 bits per heavy atom. The highest BCUT2D eigenvalue weighted by molar-refractivity contribution is 5.86. The van der Waals surface area contributed by atoms with Gasteiger partial charge in [-0.1, -0.05) is 6.07 Å². The molecule has 9 heteroatoms. The minimum Gasteiger partial charge on any atom is -0.461 e. The maximum atomic E-state index is 11.1. The standard InChI is InChI=1S/C19H26N6O3/c1-3-25(10-14-7-6-13(2)21-9-14)18-16(22-12-26)17(20)23-19(24-18)28-11-15-5-4-8-27-15/h6-7,9,12,15H,3-5,8,10-11H2,1-2H3,(H,22,26)(H2,20,23,24). The molecule has 150 valence electrons. The van der Waals surface area contributed by atoms with Crippen LogP contribution in [0, 0.1) is 6.92 Å². The normalized spacial score (nSPS) is 16.0. The largest absolute Gasteiger partial charge is 0.461 e. The molecule has 3 N–H and O–H groups in total. The van der Waals surface area contributed by atoms with Crippen LogP contribution in [0.25, 0.3) is 0 Å². The maximum Gasteiger partial charge on any atom is 0.320 e. The van der Waals surface area contributed by atoms with Crippen LogP contribution in [-0.2, 0) is 16.1 Å². The summed E-state index contributed by atoms with van der Waals surface area (Å²) in [5, 5.41) is 2.61. The predicted molar refractivity (Wildman–Crippen MR) is 106 cm³/mol. The third kappa shape index (κ3) is 4.86. The quantitative estimate of drug-likeness (QED) is 0.628. The maximum absolute atomic E-state index is 11.1. The van der Waals surface area contributed by atoms with Crippen LogP contribution in [0.15, 0.2) is 18.3 Å². The second-order valence-corrected chi connectivity index (χ2v) is 6.62. The Bertz CT molecular complexity index is 793. The molecule has 0 aliphatic carbocycles. The van der Waals surface area contributed by atoms with E-state index in [4.69, 9.17) is 15.2 Å². The van der Waals surface area contributed by atoms with E-state index in [0.29, 0.717) is 37.6 Å². The third-order valence-electron chi connectivity index (χ3n) is 4.55. The number of nitrogens with zero attached hydrogens (tertiary/aromatic N) is 4. The van der Waals surface area contributed by atoms with Gasteiger partial charge in [-0.15, -0.1) is 0 Å². The monoisotopic (exact) mass is 386 g/mol. The van der Waals surface area contributed by atoms with Crippen molar-refractivity contribution >= 4 is 23.7 Å². The van der Waals surface area contributed by atoms with Gasteiger partial charge in [0.1, 0.15) is 12.3 Å². The molecule has 0 aromatic carbocycles. The van der Waals surface area contributed by atoms with E-state index < -0.39 is 0 Å². The van der Waals surface area contributed by atoms with Gasteiger partial charge < -0.3 is 25.4 Å². The van der Waals surface area contributed by atoms with Crippen molar-refractivity contribution in [3.05, 3.63) is 29.6 Å². The second-order valence-electron chi connectivity index (χ2n) is 6.62. The lowest BCUT2D eigenvalue weighted by atomic mass is 10.2. The molecule has 1 atom stereocenters. The number of hydrogen-bond donors (Lipinski definition) is 2. The van der Waals surface area contributed by atoms with Crippen molar-refractivity contribution < 1.29 is 14.3 Å². The lowest BCUT2D eigenvalue weighted by Gasteiger charge is -2.25. The molecule has 0 spiro atoms. The summed E-state index contributed by atoms with van der Waals surface area (Å²) in [5.41, 5.74) is 8.40. The van der Waals surface area contributed by atoms with E-state index in [2.05, 4.69) is 20.3 Å². The summed E-state index contributed by atoms with van der Waals surface area (Å²) in [7, 11) is 0. The van der Waals surface area contributed by atoms with E-state index in [-0.39, 0.29) is 17.9 Å². The summed E-state index contributed by atoms with van der Waals surface area (Å²) in [5.74, 6) is 0.657. The second kappa shape index (κ2) is 9.32. The molecule has 1 unspecified atom stereocenters. The molecule has 2 aromatic rings. The van der Waals surface area contributed by atoms with Gasteiger partial charge in [-0.05, 0) is 38.3 Å². The van der Waals surface area contributed by atoms with Crippen molar-refractivity contribution in [3.8, 4) is 6.01 Å². The number of ether oxygens (including phenoxy) is 2. The van der Waals surface area contributed by atoms with Crippen molar-refractivity contribution in [1.29, 1.82) is 0 Å². The molecule has 9 nitrogen and oxygen atoms in total. The number of anilines is 3. The van der Waals surface area contributed by atoms with Crippen LogP contribution in [0.2, 0.25) is 0 Å². The number of nitrogens with two attached hydrogens (primary N) is 1. The highest BCUT2D eigenvalue weighted by Gasteiger charge is 2.21. The fraction of sp³-hybridized carbons (Fsp3) is 0.474. The molecule has 0 bridgehead atoms. The lowest BCUT2D eigenvalue weighted by molar-refractivity contribution is -0.105. The Morgan fingerprint density at radius 3 is 2.93 bits per heavy atom. The Morgan fingerprint density at radius 2 is 2.29 bits per heavy atom. The SMILES string of the molecule is CCN(Cc1ccc(C)nc1)c1nc(OCC2CCCO2)nc(N)c1NC=O. The Hall–Kier alpha value is -2.94. The molecule has 3 rings (SSSR count). The first kappa shape index (κ1) is 19.8. The number of hydrogen-bond acceptors (Lipinski definition) is 8. The van der Waals surface area contributed by atoms with E-state index in [0.717, 1.165) is 30.7 Å². The van der Waals surface area contributed by atoms with Crippen LogP contribution in [0.3, 0.4) is 0 Å². The zero-order valence-corrected chi connectivity index (χ0v) is 16.2. The molecule has 1 fully saturated rings. The number of carbonyl (C=O) groups is 1. The minimum atomic E-state index is 0.0435. The summed E-state index contributed by atoms with van der Waals surface area (Å²) in [6.45, 7) is 6.25. The number of rotatable bonds is 9. The summed E-state index contributed by atoms with van der Waals surface area (Å²) < 4.78 is 11.3. The zero-order chi connectivity index (χ0) is 19.9. The van der Waals surface area contributed by atoms with Crippen molar-refractivity contribution in [1.82, 2.24) is 15.0 Å². The average Bonchev–Trinajstić information content (AvgIpc) is 3.21. The van der Waals surface area contributed by atoms with Crippen LogP contribution in [0.5, 0.6) is 6.01 Å². The summed E-state index contributed by atoms with van der Waals surface area (Å²) in [4.78, 5) is 26.1. The van der Waals surface area contributed by atoms with Gasteiger partial charge in [0.05, 0.1) is 6.10 Å². The molecule has 1 amide bonds. The number of nitrogens with one attached hydrogen (secondary N) is 1. The van der Waals surface area contributed by atoms with Crippen LogP contribution in [0.4, 0.5) is 17.3 Å². The molecule has 0 saturated carbocycles. The molecule has 0 radical (unpaired) electrons. The van der Waals surface area contributed by atoms with Gasteiger partial charge in [-0.25, -0.2) is 0 Å². The number of aryl methyl sites for hydroxylation is 1. The molecule has 28 heavy (non-hydrogen) atoms. The lowest BCUT2D eigenvalue weighted by Crippen LogP contribution is -2.26. The van der Waals surface area contributed by atoms with E-state index >= 15 is 0 Å².